The van der Waals surface area contributed by atoms with E-state index in [0.717, 1.165) is 11.3 Å². The number of amides is 2. The Hall–Kier alpha value is -2.24. The average Bonchev–Trinajstić information content (AvgIpc) is 2.47. The summed E-state index contributed by atoms with van der Waals surface area (Å²) >= 11 is 0. The molecule has 0 fully saturated rings. The number of hydrogen-bond acceptors (Lipinski definition) is 3. The van der Waals surface area contributed by atoms with Gasteiger partial charge in [-0.1, -0.05) is 12.1 Å². The van der Waals surface area contributed by atoms with Crippen LogP contribution in [0.2, 0.25) is 0 Å². The van der Waals surface area contributed by atoms with Crippen LogP contribution in [-0.2, 0) is 4.79 Å². The first-order chi connectivity index (χ1) is 10.5. The van der Waals surface area contributed by atoms with Crippen LogP contribution >= 0.6 is 0 Å². The molecule has 0 radical (unpaired) electrons. The molecule has 3 N–H and O–H groups in total. The molecule has 0 aromatic heterocycles. The Kier molecular flexibility index (Phi) is 7.81. The van der Waals surface area contributed by atoms with Crippen molar-refractivity contribution in [3.05, 3.63) is 29.3 Å². The van der Waals surface area contributed by atoms with E-state index in [1.165, 1.54) is 5.56 Å². The van der Waals surface area contributed by atoms with E-state index in [9.17, 15) is 9.59 Å². The van der Waals surface area contributed by atoms with Gasteiger partial charge in [-0.2, -0.15) is 0 Å². The van der Waals surface area contributed by atoms with Crippen molar-refractivity contribution >= 4 is 12.0 Å². The fourth-order valence-corrected chi connectivity index (χ4v) is 1.84. The highest BCUT2D eigenvalue weighted by Gasteiger charge is 2.03. The molecule has 6 heteroatoms. The van der Waals surface area contributed by atoms with Crippen LogP contribution in [0.5, 0.6) is 5.75 Å². The lowest BCUT2D eigenvalue weighted by Crippen LogP contribution is -2.37. The molecular formula is C16H24N2O4. The quantitative estimate of drug-likeness (QED) is 0.610. The summed E-state index contributed by atoms with van der Waals surface area (Å²) in [4.78, 5) is 21.7. The number of urea groups is 1. The average molecular weight is 308 g/mol. The molecule has 2 amide bonds. The minimum absolute atomic E-state index is 0.0595. The van der Waals surface area contributed by atoms with E-state index in [0.29, 0.717) is 32.5 Å². The topological polar surface area (TPSA) is 87.7 Å². The van der Waals surface area contributed by atoms with Gasteiger partial charge in [0, 0.05) is 19.5 Å². The largest absolute Gasteiger partial charge is 0.493 e. The second-order valence-corrected chi connectivity index (χ2v) is 5.08. The number of aliphatic carboxylic acids is 1. The Morgan fingerprint density at radius 2 is 1.82 bits per heavy atom. The van der Waals surface area contributed by atoms with Gasteiger partial charge in [0.05, 0.1) is 6.61 Å². The molecule has 0 aliphatic heterocycles. The van der Waals surface area contributed by atoms with Crippen molar-refractivity contribution in [2.75, 3.05) is 19.7 Å². The van der Waals surface area contributed by atoms with Gasteiger partial charge in [0.25, 0.3) is 0 Å². The van der Waals surface area contributed by atoms with Gasteiger partial charge in [-0.25, -0.2) is 4.79 Å². The van der Waals surface area contributed by atoms with Crippen molar-refractivity contribution < 1.29 is 19.4 Å². The Morgan fingerprint density at radius 3 is 2.50 bits per heavy atom. The van der Waals surface area contributed by atoms with E-state index in [-0.39, 0.29) is 12.5 Å². The van der Waals surface area contributed by atoms with E-state index in [1.807, 2.05) is 32.0 Å². The molecule has 0 heterocycles. The number of nitrogens with one attached hydrogen (secondary N) is 2. The minimum atomic E-state index is -0.856. The van der Waals surface area contributed by atoms with Gasteiger partial charge >= 0.3 is 12.0 Å². The number of aryl methyl sites for hydroxylation is 1. The number of carboxylic acid groups (broad SMARTS) is 1. The lowest BCUT2D eigenvalue weighted by atomic mass is 10.1. The van der Waals surface area contributed by atoms with E-state index in [2.05, 4.69) is 10.6 Å². The zero-order valence-electron chi connectivity index (χ0n) is 13.1. The molecule has 0 saturated carbocycles. The molecule has 122 valence electrons. The maximum absolute atomic E-state index is 11.4. The third kappa shape index (κ3) is 6.97. The summed E-state index contributed by atoms with van der Waals surface area (Å²) in [6, 6.07) is 5.65. The Balaban J connectivity index is 2.09. The first-order valence-electron chi connectivity index (χ1n) is 7.43. The van der Waals surface area contributed by atoms with Crippen LogP contribution in [0.3, 0.4) is 0 Å². The summed E-state index contributed by atoms with van der Waals surface area (Å²) < 4.78 is 5.69. The number of hydrogen-bond donors (Lipinski definition) is 3. The number of carbonyl (C=O) groups excluding carboxylic acids is 1. The van der Waals surface area contributed by atoms with Crippen LogP contribution in [0.15, 0.2) is 18.2 Å². The zero-order valence-corrected chi connectivity index (χ0v) is 13.1. The van der Waals surface area contributed by atoms with E-state index >= 15 is 0 Å². The molecule has 1 aromatic carbocycles. The molecule has 1 rings (SSSR count). The molecule has 22 heavy (non-hydrogen) atoms. The first-order valence-corrected chi connectivity index (χ1v) is 7.43. The summed E-state index contributed by atoms with van der Waals surface area (Å²) in [5.41, 5.74) is 2.32. The van der Waals surface area contributed by atoms with E-state index in [1.54, 1.807) is 0 Å². The van der Waals surface area contributed by atoms with Crippen LogP contribution in [0.25, 0.3) is 0 Å². The summed E-state index contributed by atoms with van der Waals surface area (Å²) in [7, 11) is 0. The second-order valence-electron chi connectivity index (χ2n) is 5.08. The van der Waals surface area contributed by atoms with Gasteiger partial charge in [0.15, 0.2) is 0 Å². The minimum Gasteiger partial charge on any atom is -0.493 e. The lowest BCUT2D eigenvalue weighted by Gasteiger charge is -2.11. The highest BCUT2D eigenvalue weighted by atomic mass is 16.5. The molecule has 0 bridgehead atoms. The highest BCUT2D eigenvalue weighted by molar-refractivity contribution is 5.73. The van der Waals surface area contributed by atoms with Gasteiger partial charge in [-0.3, -0.25) is 4.79 Å². The van der Waals surface area contributed by atoms with Gasteiger partial charge in [0.1, 0.15) is 5.75 Å². The lowest BCUT2D eigenvalue weighted by molar-refractivity contribution is -0.137. The van der Waals surface area contributed by atoms with Gasteiger partial charge in [-0.15, -0.1) is 0 Å². The molecule has 1 aromatic rings. The number of carbonyl (C=O) groups is 2. The maximum Gasteiger partial charge on any atom is 0.314 e. The van der Waals surface area contributed by atoms with E-state index in [4.69, 9.17) is 9.84 Å². The molecule has 0 unspecified atom stereocenters. The molecule has 0 aliphatic rings. The predicted octanol–water partition coefficient (Wildman–Crippen LogP) is 2.24. The standard InChI is InChI=1S/C16H24N2O4/c1-12-6-3-7-14(13(12)2)22-11-5-10-18-16(21)17-9-4-8-15(19)20/h3,6-7H,4-5,8-11H2,1-2H3,(H,19,20)(H2,17,18,21). The number of ether oxygens (including phenoxy) is 1. The summed E-state index contributed by atoms with van der Waals surface area (Å²) in [6.07, 6.45) is 1.19. The molecule has 0 aliphatic carbocycles. The monoisotopic (exact) mass is 308 g/mol. The third-order valence-corrected chi connectivity index (χ3v) is 3.27. The Bertz CT molecular complexity index is 503. The van der Waals surface area contributed by atoms with Crippen molar-refractivity contribution in [3.63, 3.8) is 0 Å². The van der Waals surface area contributed by atoms with Gasteiger partial charge in [-0.05, 0) is 43.9 Å². The Morgan fingerprint density at radius 1 is 1.14 bits per heavy atom. The number of benzene rings is 1. The second kappa shape index (κ2) is 9.65. The van der Waals surface area contributed by atoms with Crippen molar-refractivity contribution in [1.29, 1.82) is 0 Å². The maximum atomic E-state index is 11.4. The van der Waals surface area contributed by atoms with E-state index < -0.39 is 5.97 Å². The zero-order chi connectivity index (χ0) is 16.4. The summed E-state index contributed by atoms with van der Waals surface area (Å²) in [5.74, 6) is 0.0175. The van der Waals surface area contributed by atoms with Crippen LogP contribution in [0, 0.1) is 13.8 Å². The van der Waals surface area contributed by atoms with Crippen molar-refractivity contribution in [3.8, 4) is 5.75 Å². The van der Waals surface area contributed by atoms with Crippen LogP contribution in [0.1, 0.15) is 30.4 Å². The fraction of sp³-hybridized carbons (Fsp3) is 0.500. The molecule has 6 nitrogen and oxygen atoms in total. The number of carboxylic acids is 1. The van der Waals surface area contributed by atoms with Gasteiger partial charge < -0.3 is 20.5 Å². The van der Waals surface area contributed by atoms with Gasteiger partial charge in [0.2, 0.25) is 0 Å². The smallest absolute Gasteiger partial charge is 0.314 e. The van der Waals surface area contributed by atoms with Crippen LogP contribution < -0.4 is 15.4 Å². The fourth-order valence-electron chi connectivity index (χ4n) is 1.84. The molecule has 0 atom stereocenters. The van der Waals surface area contributed by atoms with Crippen molar-refractivity contribution in [1.82, 2.24) is 10.6 Å². The predicted molar refractivity (Wildman–Crippen MR) is 84.3 cm³/mol. The van der Waals surface area contributed by atoms with Crippen molar-refractivity contribution in [2.45, 2.75) is 33.1 Å². The highest BCUT2D eigenvalue weighted by Crippen LogP contribution is 2.20. The first kappa shape index (κ1) is 17.8. The van der Waals surface area contributed by atoms with Crippen LogP contribution in [0.4, 0.5) is 4.79 Å². The van der Waals surface area contributed by atoms with Crippen LogP contribution in [-0.4, -0.2) is 36.8 Å². The normalized spacial score (nSPS) is 10.1. The summed E-state index contributed by atoms with van der Waals surface area (Å²) in [6.45, 7) is 5.46. The Labute approximate surface area is 130 Å². The molecular weight excluding hydrogens is 284 g/mol. The SMILES string of the molecule is Cc1cccc(OCCCNC(=O)NCCCC(=O)O)c1C. The number of rotatable bonds is 9. The molecule has 0 spiro atoms. The van der Waals surface area contributed by atoms with Crippen molar-refractivity contribution in [2.24, 2.45) is 0 Å². The third-order valence-electron chi connectivity index (χ3n) is 3.27. The summed E-state index contributed by atoms with van der Waals surface area (Å²) in [5, 5.41) is 13.8. The molecule has 0 saturated heterocycles.